The minimum Gasteiger partial charge on any atom is -0.346 e. The molecule has 0 saturated carbocycles. The van der Waals surface area contributed by atoms with Crippen LogP contribution in [0.25, 0.3) is 0 Å². The summed E-state index contributed by atoms with van der Waals surface area (Å²) in [5, 5.41) is 2.88. The van der Waals surface area contributed by atoms with Crippen molar-refractivity contribution in [1.29, 1.82) is 0 Å². The molecular weight excluding hydrogens is 451 g/mol. The molecule has 0 saturated heterocycles. The summed E-state index contributed by atoms with van der Waals surface area (Å²) in [5.41, 5.74) is 1.42. The molecule has 0 fully saturated rings. The maximum Gasteiger partial charge on any atom is 0.267 e. The third-order valence-electron chi connectivity index (χ3n) is 3.89. The van der Waals surface area contributed by atoms with Gasteiger partial charge in [-0.15, -0.1) is 0 Å². The average molecular weight is 476 g/mol. The maximum atomic E-state index is 13.2. The van der Waals surface area contributed by atoms with E-state index in [2.05, 4.69) is 34.5 Å². The molecule has 4 nitrogen and oxygen atoms in total. The van der Waals surface area contributed by atoms with E-state index in [4.69, 9.17) is 0 Å². The van der Waals surface area contributed by atoms with E-state index in [1.54, 1.807) is 6.07 Å². The molecule has 0 bridgehead atoms. The maximum absolute atomic E-state index is 13.2. The smallest absolute Gasteiger partial charge is 0.267 e. The molecule has 2 aromatic rings. The van der Waals surface area contributed by atoms with E-state index >= 15 is 0 Å². The minimum absolute atomic E-state index is 0.158. The quantitative estimate of drug-likeness (QED) is 0.496. The number of benzene rings is 2. The van der Waals surface area contributed by atoms with Crippen molar-refractivity contribution in [1.82, 2.24) is 10.2 Å². The van der Waals surface area contributed by atoms with Gasteiger partial charge in [-0.05, 0) is 67.5 Å². The van der Waals surface area contributed by atoms with Crippen LogP contribution in [0.1, 0.15) is 36.7 Å². The second-order valence-electron chi connectivity index (χ2n) is 7.32. The lowest BCUT2D eigenvalue weighted by Crippen LogP contribution is -2.46. The zero-order valence-corrected chi connectivity index (χ0v) is 18.1. The lowest BCUT2D eigenvalue weighted by Gasteiger charge is -2.28. The minimum atomic E-state index is -0.407. The first-order valence-electron chi connectivity index (χ1n) is 8.81. The van der Waals surface area contributed by atoms with E-state index in [1.807, 2.05) is 69.3 Å². The standard InChI is InChI=1S/C22H25IN2O2/c1-16(20(26)24-22(2,3)4)25(15-14-17-10-6-5-7-11-17)21(27)18-12-8-9-13-19(18)23/h5-13H,1,14-15H2,2-4H3,(H,24,26). The van der Waals surface area contributed by atoms with Crippen LogP contribution < -0.4 is 5.32 Å². The van der Waals surface area contributed by atoms with Crippen LogP contribution in [0, 0.1) is 3.57 Å². The normalized spacial score (nSPS) is 11.0. The fourth-order valence-electron chi connectivity index (χ4n) is 2.56. The van der Waals surface area contributed by atoms with Crippen molar-refractivity contribution >= 4 is 34.4 Å². The summed E-state index contributed by atoms with van der Waals surface area (Å²) in [6, 6.07) is 17.2. The van der Waals surface area contributed by atoms with Crippen molar-refractivity contribution in [3.63, 3.8) is 0 Å². The molecule has 27 heavy (non-hydrogen) atoms. The number of rotatable bonds is 6. The van der Waals surface area contributed by atoms with Gasteiger partial charge < -0.3 is 10.2 Å². The number of hydrogen-bond acceptors (Lipinski definition) is 2. The number of carbonyl (C=O) groups is 2. The number of carbonyl (C=O) groups excluding carboxylic acids is 2. The predicted octanol–water partition coefficient (Wildman–Crippen LogP) is 4.40. The van der Waals surface area contributed by atoms with E-state index in [0.29, 0.717) is 18.5 Å². The fraction of sp³-hybridized carbons (Fsp3) is 0.273. The highest BCUT2D eigenvalue weighted by Gasteiger charge is 2.26. The lowest BCUT2D eigenvalue weighted by atomic mass is 10.1. The van der Waals surface area contributed by atoms with E-state index < -0.39 is 5.54 Å². The van der Waals surface area contributed by atoms with Gasteiger partial charge >= 0.3 is 0 Å². The van der Waals surface area contributed by atoms with Crippen LogP contribution in [0.3, 0.4) is 0 Å². The fourth-order valence-corrected chi connectivity index (χ4v) is 3.18. The first kappa shape index (κ1) is 21.2. The van der Waals surface area contributed by atoms with Gasteiger partial charge in [0.05, 0.1) is 5.56 Å². The highest BCUT2D eigenvalue weighted by Crippen LogP contribution is 2.18. The Balaban J connectivity index is 2.27. The van der Waals surface area contributed by atoms with Gasteiger partial charge in [0.15, 0.2) is 0 Å². The van der Waals surface area contributed by atoms with E-state index in [1.165, 1.54) is 4.90 Å². The Bertz CT molecular complexity index is 826. The Kier molecular flexibility index (Phi) is 7.18. The van der Waals surface area contributed by atoms with Gasteiger partial charge in [0.1, 0.15) is 5.70 Å². The van der Waals surface area contributed by atoms with Gasteiger partial charge in [-0.1, -0.05) is 49.0 Å². The molecule has 0 aliphatic carbocycles. The average Bonchev–Trinajstić information content (AvgIpc) is 2.61. The van der Waals surface area contributed by atoms with Crippen molar-refractivity contribution in [2.45, 2.75) is 32.7 Å². The highest BCUT2D eigenvalue weighted by molar-refractivity contribution is 14.1. The number of amides is 2. The monoisotopic (exact) mass is 476 g/mol. The summed E-state index contributed by atoms with van der Waals surface area (Å²) in [7, 11) is 0. The second kappa shape index (κ2) is 9.17. The van der Waals surface area contributed by atoms with Gasteiger partial charge in [0.25, 0.3) is 11.8 Å². The molecule has 142 valence electrons. The molecule has 0 aliphatic rings. The molecule has 0 heterocycles. The SMILES string of the molecule is C=C(C(=O)NC(C)(C)C)N(CCc1ccccc1)C(=O)c1ccccc1I. The zero-order valence-electron chi connectivity index (χ0n) is 16.0. The largest absolute Gasteiger partial charge is 0.346 e. The molecule has 2 aromatic carbocycles. The first-order chi connectivity index (χ1) is 12.7. The molecule has 0 unspecified atom stereocenters. The molecule has 5 heteroatoms. The van der Waals surface area contributed by atoms with Gasteiger partial charge in [-0.3, -0.25) is 9.59 Å². The van der Waals surface area contributed by atoms with Crippen LogP contribution in [0.15, 0.2) is 66.9 Å². The predicted molar refractivity (Wildman–Crippen MR) is 117 cm³/mol. The topological polar surface area (TPSA) is 49.4 Å². The van der Waals surface area contributed by atoms with Crippen molar-refractivity contribution in [2.24, 2.45) is 0 Å². The number of nitrogens with one attached hydrogen (secondary N) is 1. The summed E-state index contributed by atoms with van der Waals surface area (Å²) >= 11 is 2.13. The second-order valence-corrected chi connectivity index (χ2v) is 8.49. The highest BCUT2D eigenvalue weighted by atomic mass is 127. The summed E-state index contributed by atoms with van der Waals surface area (Å²) in [4.78, 5) is 27.3. The van der Waals surface area contributed by atoms with Crippen LogP contribution >= 0.6 is 22.6 Å². The van der Waals surface area contributed by atoms with Gasteiger partial charge in [0.2, 0.25) is 0 Å². The number of hydrogen-bond donors (Lipinski definition) is 1. The molecule has 0 aromatic heterocycles. The molecule has 0 radical (unpaired) electrons. The van der Waals surface area contributed by atoms with Gasteiger partial charge in [-0.25, -0.2) is 0 Å². The molecule has 0 spiro atoms. The van der Waals surface area contributed by atoms with Crippen LogP contribution in [-0.4, -0.2) is 28.8 Å². The van der Waals surface area contributed by atoms with Crippen molar-refractivity contribution in [2.75, 3.05) is 6.54 Å². The Morgan fingerprint density at radius 2 is 1.63 bits per heavy atom. The van der Waals surface area contributed by atoms with Crippen molar-refractivity contribution in [3.05, 3.63) is 81.6 Å². The van der Waals surface area contributed by atoms with Crippen LogP contribution in [0.5, 0.6) is 0 Å². The van der Waals surface area contributed by atoms with Gasteiger partial charge in [0, 0.05) is 15.7 Å². The number of nitrogens with zero attached hydrogens (tertiary/aromatic N) is 1. The van der Waals surface area contributed by atoms with Crippen molar-refractivity contribution in [3.8, 4) is 0 Å². The van der Waals surface area contributed by atoms with Crippen LogP contribution in [-0.2, 0) is 11.2 Å². The van der Waals surface area contributed by atoms with E-state index in [9.17, 15) is 9.59 Å². The molecule has 0 aliphatic heterocycles. The Morgan fingerprint density at radius 3 is 2.22 bits per heavy atom. The summed E-state index contributed by atoms with van der Waals surface area (Å²) in [6.07, 6.45) is 0.637. The third-order valence-corrected chi connectivity index (χ3v) is 4.83. The zero-order chi connectivity index (χ0) is 20.0. The summed E-state index contributed by atoms with van der Waals surface area (Å²) in [6.45, 7) is 9.99. The molecule has 1 N–H and O–H groups in total. The Morgan fingerprint density at radius 1 is 1.04 bits per heavy atom. The van der Waals surface area contributed by atoms with E-state index in [0.717, 1.165) is 9.13 Å². The summed E-state index contributed by atoms with van der Waals surface area (Å²) in [5.74, 6) is -0.556. The Hall–Kier alpha value is -2.15. The van der Waals surface area contributed by atoms with Crippen molar-refractivity contribution < 1.29 is 9.59 Å². The molecule has 2 amide bonds. The van der Waals surface area contributed by atoms with Crippen LogP contribution in [0.2, 0.25) is 0 Å². The summed E-state index contributed by atoms with van der Waals surface area (Å²) < 4.78 is 0.842. The third kappa shape index (κ3) is 6.20. The van der Waals surface area contributed by atoms with Gasteiger partial charge in [-0.2, -0.15) is 0 Å². The Labute approximate surface area is 174 Å². The van der Waals surface area contributed by atoms with E-state index in [-0.39, 0.29) is 17.5 Å². The molecule has 2 rings (SSSR count). The molecular formula is C22H25IN2O2. The first-order valence-corrected chi connectivity index (χ1v) is 9.88. The lowest BCUT2D eigenvalue weighted by molar-refractivity contribution is -0.120. The molecule has 0 atom stereocenters. The van der Waals surface area contributed by atoms with Crippen LogP contribution in [0.4, 0.5) is 0 Å². The number of halogens is 1.